The first-order chi connectivity index (χ1) is 2.77. The SMILES string of the molecule is CC=[NH+]C(C)=O. The van der Waals surface area contributed by atoms with Crippen molar-refractivity contribution in [3.05, 3.63) is 0 Å². The normalized spacial score (nSPS) is 9.67. The third-order valence-corrected chi connectivity index (χ3v) is 0.348. The van der Waals surface area contributed by atoms with E-state index in [1.54, 1.807) is 13.1 Å². The van der Waals surface area contributed by atoms with E-state index < -0.39 is 0 Å². The molecule has 0 fully saturated rings. The van der Waals surface area contributed by atoms with Crippen LogP contribution < -0.4 is 4.99 Å². The Balaban J connectivity index is 3.30. The van der Waals surface area contributed by atoms with Crippen LogP contribution in [0.1, 0.15) is 13.8 Å². The van der Waals surface area contributed by atoms with Crippen LogP contribution in [0.25, 0.3) is 0 Å². The van der Waals surface area contributed by atoms with E-state index in [0.717, 1.165) is 0 Å². The van der Waals surface area contributed by atoms with Crippen molar-refractivity contribution < 1.29 is 9.79 Å². The maximum Gasteiger partial charge on any atom is 0.381 e. The van der Waals surface area contributed by atoms with Crippen molar-refractivity contribution in [2.45, 2.75) is 13.8 Å². The fourth-order valence-corrected chi connectivity index (χ4v) is 0.203. The Hall–Kier alpha value is -0.660. The molecule has 0 aliphatic carbocycles. The minimum Gasteiger partial charge on any atom is -0.220 e. The predicted molar refractivity (Wildman–Crippen MR) is 23.4 cm³/mol. The van der Waals surface area contributed by atoms with E-state index in [4.69, 9.17) is 0 Å². The Morgan fingerprint density at radius 1 is 1.83 bits per heavy atom. The third-order valence-electron chi connectivity index (χ3n) is 0.348. The maximum absolute atomic E-state index is 9.90. The second-order valence-corrected chi connectivity index (χ2v) is 0.989. The average molecular weight is 86.1 g/mol. The molecule has 0 aromatic rings. The minimum absolute atomic E-state index is 0.0162. The van der Waals surface area contributed by atoms with Crippen molar-refractivity contribution in [3.8, 4) is 0 Å². The minimum atomic E-state index is -0.0162. The Morgan fingerprint density at radius 2 is 2.33 bits per heavy atom. The summed E-state index contributed by atoms with van der Waals surface area (Å²) in [5.74, 6) is -0.0162. The number of amides is 1. The van der Waals surface area contributed by atoms with Gasteiger partial charge >= 0.3 is 5.91 Å². The van der Waals surface area contributed by atoms with Gasteiger partial charge in [-0.3, -0.25) is 0 Å². The molecule has 0 spiro atoms. The van der Waals surface area contributed by atoms with Gasteiger partial charge in [0.1, 0.15) is 6.21 Å². The molecule has 0 atom stereocenters. The lowest BCUT2D eigenvalue weighted by Crippen LogP contribution is -2.72. The Labute approximate surface area is 36.9 Å². The lowest BCUT2D eigenvalue weighted by atomic mass is 10.7. The molecule has 0 aromatic heterocycles. The first-order valence-electron chi connectivity index (χ1n) is 1.82. The van der Waals surface area contributed by atoms with E-state index in [-0.39, 0.29) is 5.91 Å². The molecule has 0 saturated heterocycles. The summed E-state index contributed by atoms with van der Waals surface area (Å²) in [7, 11) is 0. The van der Waals surface area contributed by atoms with E-state index in [9.17, 15) is 4.79 Å². The predicted octanol–water partition coefficient (Wildman–Crippen LogP) is -1.30. The van der Waals surface area contributed by atoms with Gasteiger partial charge in [0.15, 0.2) is 0 Å². The van der Waals surface area contributed by atoms with Gasteiger partial charge in [0, 0.05) is 6.92 Å². The van der Waals surface area contributed by atoms with Crippen molar-refractivity contribution in [2.75, 3.05) is 0 Å². The van der Waals surface area contributed by atoms with Gasteiger partial charge in [-0.05, 0) is 0 Å². The lowest BCUT2D eigenvalue weighted by molar-refractivity contribution is -0.370. The summed E-state index contributed by atoms with van der Waals surface area (Å²) >= 11 is 0. The second kappa shape index (κ2) is 2.57. The summed E-state index contributed by atoms with van der Waals surface area (Å²) in [5, 5.41) is 0. The van der Waals surface area contributed by atoms with Gasteiger partial charge in [0.2, 0.25) is 0 Å². The fraction of sp³-hybridized carbons (Fsp3) is 0.500. The van der Waals surface area contributed by atoms with Gasteiger partial charge in [-0.2, -0.15) is 4.99 Å². The molecule has 0 aliphatic heterocycles. The van der Waals surface area contributed by atoms with E-state index in [1.165, 1.54) is 6.92 Å². The van der Waals surface area contributed by atoms with Crippen molar-refractivity contribution in [1.29, 1.82) is 0 Å². The molecule has 2 heteroatoms. The number of rotatable bonds is 0. The van der Waals surface area contributed by atoms with E-state index >= 15 is 0 Å². The van der Waals surface area contributed by atoms with Crippen LogP contribution in [-0.4, -0.2) is 12.1 Å². The molecule has 2 nitrogen and oxygen atoms in total. The summed E-state index contributed by atoms with van der Waals surface area (Å²) in [5.41, 5.74) is 0. The Bertz CT molecular complexity index is 75.6. The van der Waals surface area contributed by atoms with Crippen molar-refractivity contribution in [2.24, 2.45) is 0 Å². The number of nitrogens with one attached hydrogen (secondary N) is 1. The highest BCUT2D eigenvalue weighted by atomic mass is 16.1. The first-order valence-corrected chi connectivity index (χ1v) is 1.82. The summed E-state index contributed by atoms with van der Waals surface area (Å²) in [6.07, 6.45) is 1.60. The molecule has 34 valence electrons. The highest BCUT2D eigenvalue weighted by Crippen LogP contribution is 1.31. The molecule has 0 unspecified atom stereocenters. The Morgan fingerprint density at radius 3 is 2.33 bits per heavy atom. The number of carbonyl (C=O) groups excluding carboxylic acids is 1. The zero-order chi connectivity index (χ0) is 4.99. The van der Waals surface area contributed by atoms with Gasteiger partial charge in [0.05, 0.1) is 6.92 Å². The summed E-state index contributed by atoms with van der Waals surface area (Å²) in [6, 6.07) is 0. The number of hydrogen-bond donors (Lipinski definition) is 1. The van der Waals surface area contributed by atoms with Gasteiger partial charge in [-0.15, -0.1) is 0 Å². The molecule has 0 heterocycles. The van der Waals surface area contributed by atoms with Crippen LogP contribution in [-0.2, 0) is 4.79 Å². The summed E-state index contributed by atoms with van der Waals surface area (Å²) in [4.78, 5) is 12.3. The molecule has 0 rings (SSSR count). The van der Waals surface area contributed by atoms with Crippen LogP contribution in [0.4, 0.5) is 0 Å². The van der Waals surface area contributed by atoms with E-state index in [0.29, 0.717) is 0 Å². The van der Waals surface area contributed by atoms with Crippen LogP contribution >= 0.6 is 0 Å². The van der Waals surface area contributed by atoms with Gasteiger partial charge < -0.3 is 0 Å². The summed E-state index contributed by atoms with van der Waals surface area (Å²) < 4.78 is 0. The fourth-order valence-electron chi connectivity index (χ4n) is 0.203. The zero-order valence-corrected chi connectivity index (χ0v) is 3.99. The Kier molecular flexibility index (Phi) is 2.29. The van der Waals surface area contributed by atoms with Crippen LogP contribution in [0.5, 0.6) is 0 Å². The van der Waals surface area contributed by atoms with Gasteiger partial charge in [-0.1, -0.05) is 0 Å². The molecule has 0 bridgehead atoms. The molecular weight excluding hydrogens is 78.0 g/mol. The van der Waals surface area contributed by atoms with Crippen LogP contribution in [0.2, 0.25) is 0 Å². The molecule has 1 amide bonds. The maximum atomic E-state index is 9.90. The molecule has 0 aliphatic rings. The topological polar surface area (TPSA) is 31.0 Å². The largest absolute Gasteiger partial charge is 0.381 e. The first kappa shape index (κ1) is 5.34. The summed E-state index contributed by atoms with van der Waals surface area (Å²) in [6.45, 7) is 3.24. The standard InChI is InChI=1S/C4H7NO/c1-3-5-4(2)6/h3H,1-2H3/p+1. The molecule has 0 aromatic carbocycles. The quantitative estimate of drug-likeness (QED) is 0.365. The number of carbonyl (C=O) groups is 1. The smallest absolute Gasteiger partial charge is 0.220 e. The van der Waals surface area contributed by atoms with Crippen molar-refractivity contribution >= 4 is 12.1 Å². The van der Waals surface area contributed by atoms with Crippen LogP contribution in [0.15, 0.2) is 0 Å². The third kappa shape index (κ3) is 3.34. The van der Waals surface area contributed by atoms with Gasteiger partial charge in [-0.25, -0.2) is 4.79 Å². The van der Waals surface area contributed by atoms with E-state index in [2.05, 4.69) is 4.99 Å². The molecular formula is C4H8NO+. The highest BCUT2D eigenvalue weighted by molar-refractivity contribution is 5.66. The molecule has 0 radical (unpaired) electrons. The molecule has 0 saturated carbocycles. The highest BCUT2D eigenvalue weighted by Gasteiger charge is 1.83. The van der Waals surface area contributed by atoms with Crippen LogP contribution in [0.3, 0.4) is 0 Å². The van der Waals surface area contributed by atoms with Gasteiger partial charge in [0.25, 0.3) is 0 Å². The molecule has 1 N–H and O–H groups in total. The average Bonchev–Trinajstić information content (AvgIpc) is 1.35. The lowest BCUT2D eigenvalue weighted by Gasteiger charge is -1.60. The van der Waals surface area contributed by atoms with E-state index in [1.807, 2.05) is 0 Å². The zero-order valence-electron chi connectivity index (χ0n) is 3.99. The second-order valence-electron chi connectivity index (χ2n) is 0.989. The van der Waals surface area contributed by atoms with Crippen molar-refractivity contribution in [1.82, 2.24) is 0 Å². The monoisotopic (exact) mass is 86.1 g/mol. The van der Waals surface area contributed by atoms with Crippen molar-refractivity contribution in [3.63, 3.8) is 0 Å². The van der Waals surface area contributed by atoms with Crippen LogP contribution in [0, 0.1) is 0 Å². The molecule has 6 heavy (non-hydrogen) atoms. The number of hydrogen-bond acceptors (Lipinski definition) is 1.